The molecule has 108 valence electrons. The van der Waals surface area contributed by atoms with E-state index in [2.05, 4.69) is 6.92 Å². The van der Waals surface area contributed by atoms with Gasteiger partial charge in [0.15, 0.2) is 0 Å². The summed E-state index contributed by atoms with van der Waals surface area (Å²) in [6.07, 6.45) is 2.67. The zero-order valence-corrected chi connectivity index (χ0v) is 12.5. The number of amides is 1. The van der Waals surface area contributed by atoms with Crippen molar-refractivity contribution in [2.75, 3.05) is 23.8 Å². The maximum Gasteiger partial charge on any atom is 0.240 e. The average molecular weight is 292 g/mol. The van der Waals surface area contributed by atoms with Crippen LogP contribution in [0.5, 0.6) is 0 Å². The van der Waals surface area contributed by atoms with Crippen molar-refractivity contribution < 1.29 is 9.53 Å². The average Bonchev–Trinajstić information content (AvgIpc) is 2.47. The molecule has 1 amide bonds. The van der Waals surface area contributed by atoms with Crippen LogP contribution in [0.2, 0.25) is 0 Å². The van der Waals surface area contributed by atoms with Crippen molar-refractivity contribution in [3.05, 3.63) is 18.2 Å². The Kier molecular flexibility index (Phi) is 3.89. The maximum atomic E-state index is 12.7. The van der Waals surface area contributed by atoms with E-state index in [0.717, 1.165) is 48.7 Å². The number of anilines is 2. The van der Waals surface area contributed by atoms with Crippen molar-refractivity contribution in [1.29, 1.82) is 0 Å². The van der Waals surface area contributed by atoms with Gasteiger partial charge in [0, 0.05) is 29.8 Å². The Balaban J connectivity index is 1.99. The molecule has 20 heavy (non-hydrogen) atoms. The molecule has 2 aliphatic rings. The first-order valence-corrected chi connectivity index (χ1v) is 8.05. The van der Waals surface area contributed by atoms with Gasteiger partial charge in [-0.3, -0.25) is 4.79 Å². The lowest BCUT2D eigenvalue weighted by Gasteiger charge is -2.40. The molecule has 0 saturated carbocycles. The highest BCUT2D eigenvalue weighted by Crippen LogP contribution is 2.43. The summed E-state index contributed by atoms with van der Waals surface area (Å²) < 4.78 is 5.42. The predicted molar refractivity (Wildman–Crippen MR) is 82.1 cm³/mol. The summed E-state index contributed by atoms with van der Waals surface area (Å²) in [6, 6.07) is 6.11. The van der Waals surface area contributed by atoms with Gasteiger partial charge in [-0.15, -0.1) is 11.8 Å². The van der Waals surface area contributed by atoms with Gasteiger partial charge in [0.2, 0.25) is 5.91 Å². The number of hydrogen-bond acceptors (Lipinski definition) is 4. The molecule has 0 radical (unpaired) electrons. The molecule has 0 aliphatic carbocycles. The number of ether oxygens (including phenoxy) is 1. The molecule has 0 bridgehead atoms. The van der Waals surface area contributed by atoms with Crippen LogP contribution in [0.25, 0.3) is 0 Å². The molecule has 2 N–H and O–H groups in total. The third-order valence-corrected chi connectivity index (χ3v) is 5.35. The quantitative estimate of drug-likeness (QED) is 0.851. The van der Waals surface area contributed by atoms with Crippen LogP contribution in [0.1, 0.15) is 26.2 Å². The third kappa shape index (κ3) is 2.40. The Morgan fingerprint density at radius 3 is 2.85 bits per heavy atom. The number of nitrogens with zero attached hydrogens (tertiary/aromatic N) is 1. The van der Waals surface area contributed by atoms with Crippen LogP contribution < -0.4 is 10.6 Å². The number of rotatable bonds is 2. The van der Waals surface area contributed by atoms with E-state index >= 15 is 0 Å². The van der Waals surface area contributed by atoms with Crippen molar-refractivity contribution >= 4 is 29.0 Å². The topological polar surface area (TPSA) is 55.6 Å². The number of benzene rings is 1. The Hall–Kier alpha value is -1.20. The van der Waals surface area contributed by atoms with Crippen molar-refractivity contribution in [3.63, 3.8) is 0 Å². The molecule has 5 heteroatoms. The lowest BCUT2D eigenvalue weighted by molar-refractivity contribution is -0.119. The number of thioether (sulfide) groups is 1. The Bertz CT molecular complexity index is 515. The van der Waals surface area contributed by atoms with Crippen molar-refractivity contribution in [2.24, 2.45) is 0 Å². The number of nitrogens with two attached hydrogens (primary N) is 1. The van der Waals surface area contributed by atoms with Crippen LogP contribution in [-0.4, -0.2) is 30.4 Å². The minimum atomic E-state index is 0.00662. The van der Waals surface area contributed by atoms with E-state index in [0.29, 0.717) is 0 Å². The second-order valence-electron chi connectivity index (χ2n) is 5.29. The van der Waals surface area contributed by atoms with Gasteiger partial charge in [-0.25, -0.2) is 0 Å². The summed E-state index contributed by atoms with van der Waals surface area (Å²) in [7, 11) is 0. The summed E-state index contributed by atoms with van der Waals surface area (Å²) in [5.74, 6) is 0.238. The first-order chi connectivity index (χ1) is 9.70. The highest BCUT2D eigenvalue weighted by molar-refractivity contribution is 8.01. The van der Waals surface area contributed by atoms with Gasteiger partial charge in [-0.05, 0) is 37.5 Å². The van der Waals surface area contributed by atoms with Gasteiger partial charge in [-0.2, -0.15) is 0 Å². The Labute approximate surface area is 123 Å². The van der Waals surface area contributed by atoms with Crippen molar-refractivity contribution in [2.45, 2.75) is 42.4 Å². The number of fused-ring (bicyclic) bond motifs is 1. The monoisotopic (exact) mass is 292 g/mol. The lowest BCUT2D eigenvalue weighted by Crippen LogP contribution is -2.49. The Morgan fingerprint density at radius 2 is 2.15 bits per heavy atom. The highest BCUT2D eigenvalue weighted by Gasteiger charge is 2.37. The second kappa shape index (κ2) is 5.66. The van der Waals surface area contributed by atoms with E-state index in [1.54, 1.807) is 11.8 Å². The number of nitrogen functional groups attached to an aromatic ring is 1. The summed E-state index contributed by atoms with van der Waals surface area (Å²) >= 11 is 1.64. The molecule has 1 aromatic carbocycles. The summed E-state index contributed by atoms with van der Waals surface area (Å²) in [5, 5.41) is 0.00662. The van der Waals surface area contributed by atoms with E-state index in [4.69, 9.17) is 10.5 Å². The van der Waals surface area contributed by atoms with Gasteiger partial charge in [0.05, 0.1) is 10.9 Å². The van der Waals surface area contributed by atoms with E-state index < -0.39 is 0 Å². The summed E-state index contributed by atoms with van der Waals surface area (Å²) in [4.78, 5) is 15.9. The van der Waals surface area contributed by atoms with Crippen LogP contribution in [0, 0.1) is 0 Å². The van der Waals surface area contributed by atoms with Crippen LogP contribution in [0.15, 0.2) is 23.1 Å². The number of carbonyl (C=O) groups is 1. The summed E-state index contributed by atoms with van der Waals surface area (Å²) in [5.41, 5.74) is 7.67. The first kappa shape index (κ1) is 13.8. The molecule has 1 unspecified atom stereocenters. The molecular formula is C15H20N2O2S. The zero-order chi connectivity index (χ0) is 14.1. The van der Waals surface area contributed by atoms with Gasteiger partial charge >= 0.3 is 0 Å². The van der Waals surface area contributed by atoms with Crippen LogP contribution in [-0.2, 0) is 9.53 Å². The van der Waals surface area contributed by atoms with Gasteiger partial charge in [0.25, 0.3) is 0 Å². The molecule has 0 aromatic heterocycles. The molecule has 0 spiro atoms. The molecule has 1 saturated heterocycles. The van der Waals surface area contributed by atoms with Gasteiger partial charge < -0.3 is 15.4 Å². The van der Waals surface area contributed by atoms with Crippen LogP contribution in [0.4, 0.5) is 11.4 Å². The standard InChI is InChI=1S/C15H20N2O2S/c1-2-13-15(18)17(11-5-7-19-8-6-11)12-4-3-10(16)9-14(12)20-13/h3-4,9,11,13H,2,5-8,16H2,1H3. The molecule has 1 aromatic rings. The van der Waals surface area contributed by atoms with Gasteiger partial charge in [0.1, 0.15) is 0 Å². The fourth-order valence-electron chi connectivity index (χ4n) is 2.88. The predicted octanol–water partition coefficient (Wildman–Crippen LogP) is 2.67. The normalized spacial score (nSPS) is 23.8. The minimum Gasteiger partial charge on any atom is -0.399 e. The highest BCUT2D eigenvalue weighted by atomic mass is 32.2. The van der Waals surface area contributed by atoms with Crippen LogP contribution >= 0.6 is 11.8 Å². The van der Waals surface area contributed by atoms with Crippen molar-refractivity contribution in [3.8, 4) is 0 Å². The minimum absolute atomic E-state index is 0.00662. The van der Waals surface area contributed by atoms with E-state index in [-0.39, 0.29) is 17.2 Å². The van der Waals surface area contributed by atoms with E-state index in [1.807, 2.05) is 23.1 Å². The Morgan fingerprint density at radius 1 is 1.40 bits per heavy atom. The van der Waals surface area contributed by atoms with Gasteiger partial charge in [-0.1, -0.05) is 6.92 Å². The largest absolute Gasteiger partial charge is 0.399 e. The molecule has 4 nitrogen and oxygen atoms in total. The number of carbonyl (C=O) groups excluding carboxylic acids is 1. The molecule has 2 aliphatic heterocycles. The first-order valence-electron chi connectivity index (χ1n) is 7.17. The van der Waals surface area contributed by atoms with Crippen LogP contribution in [0.3, 0.4) is 0 Å². The number of hydrogen-bond donors (Lipinski definition) is 1. The second-order valence-corrected chi connectivity index (χ2v) is 6.54. The van der Waals surface area contributed by atoms with E-state index in [9.17, 15) is 4.79 Å². The third-order valence-electron chi connectivity index (χ3n) is 3.95. The zero-order valence-electron chi connectivity index (χ0n) is 11.7. The molecular weight excluding hydrogens is 272 g/mol. The smallest absolute Gasteiger partial charge is 0.240 e. The molecule has 1 atom stereocenters. The lowest BCUT2D eigenvalue weighted by atomic mass is 10.0. The van der Waals surface area contributed by atoms with E-state index in [1.165, 1.54) is 0 Å². The fraction of sp³-hybridized carbons (Fsp3) is 0.533. The summed E-state index contributed by atoms with van der Waals surface area (Å²) in [6.45, 7) is 3.54. The molecule has 2 heterocycles. The SMILES string of the molecule is CCC1Sc2cc(N)ccc2N(C2CCOCC2)C1=O. The fourth-order valence-corrected chi connectivity index (χ4v) is 4.06. The molecule has 3 rings (SSSR count). The molecule has 1 fully saturated rings. The van der Waals surface area contributed by atoms with Crippen molar-refractivity contribution in [1.82, 2.24) is 0 Å². The maximum absolute atomic E-state index is 12.7.